The SMILES string of the molecule is COc1ccc2cc(OCCCCBr)ccc2c1. The van der Waals surface area contributed by atoms with Crippen molar-refractivity contribution < 1.29 is 9.47 Å². The molecule has 2 aromatic carbocycles. The summed E-state index contributed by atoms with van der Waals surface area (Å²) in [6, 6.07) is 12.2. The monoisotopic (exact) mass is 308 g/mol. The molecule has 18 heavy (non-hydrogen) atoms. The molecule has 0 aliphatic carbocycles. The van der Waals surface area contributed by atoms with E-state index < -0.39 is 0 Å². The van der Waals surface area contributed by atoms with Crippen molar-refractivity contribution in [2.45, 2.75) is 12.8 Å². The molecule has 0 bridgehead atoms. The molecule has 0 saturated heterocycles. The van der Waals surface area contributed by atoms with E-state index in [1.54, 1.807) is 7.11 Å². The Morgan fingerprint density at radius 3 is 2.28 bits per heavy atom. The molecule has 0 aliphatic heterocycles. The van der Waals surface area contributed by atoms with Crippen LogP contribution in [0.5, 0.6) is 11.5 Å². The topological polar surface area (TPSA) is 18.5 Å². The Balaban J connectivity index is 2.08. The molecular weight excluding hydrogens is 292 g/mol. The highest BCUT2D eigenvalue weighted by molar-refractivity contribution is 9.09. The maximum absolute atomic E-state index is 5.72. The first kappa shape index (κ1) is 13.2. The summed E-state index contributed by atoms with van der Waals surface area (Å²) in [6.07, 6.45) is 2.22. The molecular formula is C15H17BrO2. The van der Waals surface area contributed by atoms with E-state index in [0.29, 0.717) is 0 Å². The number of benzene rings is 2. The van der Waals surface area contributed by atoms with Crippen LogP contribution in [-0.4, -0.2) is 19.0 Å². The molecule has 3 heteroatoms. The van der Waals surface area contributed by atoms with Gasteiger partial charge in [-0.3, -0.25) is 0 Å². The van der Waals surface area contributed by atoms with E-state index in [2.05, 4.69) is 34.1 Å². The zero-order chi connectivity index (χ0) is 12.8. The molecule has 0 N–H and O–H groups in total. The van der Waals surface area contributed by atoms with Crippen molar-refractivity contribution in [2.75, 3.05) is 19.0 Å². The zero-order valence-corrected chi connectivity index (χ0v) is 12.1. The molecule has 0 spiro atoms. The number of halogens is 1. The lowest BCUT2D eigenvalue weighted by atomic mass is 10.1. The van der Waals surface area contributed by atoms with E-state index in [4.69, 9.17) is 9.47 Å². The molecule has 0 fully saturated rings. The Kier molecular flexibility index (Phi) is 4.88. The van der Waals surface area contributed by atoms with Gasteiger partial charge in [0, 0.05) is 5.33 Å². The highest BCUT2D eigenvalue weighted by Gasteiger charge is 1.99. The molecule has 96 valence electrons. The summed E-state index contributed by atoms with van der Waals surface area (Å²) in [5.74, 6) is 1.82. The van der Waals surface area contributed by atoms with Crippen LogP contribution in [0.2, 0.25) is 0 Å². The molecule has 2 rings (SSSR count). The van der Waals surface area contributed by atoms with Crippen LogP contribution in [0.4, 0.5) is 0 Å². The zero-order valence-electron chi connectivity index (χ0n) is 10.5. The summed E-state index contributed by atoms with van der Waals surface area (Å²) in [5.41, 5.74) is 0. The predicted octanol–water partition coefficient (Wildman–Crippen LogP) is 4.40. The van der Waals surface area contributed by atoms with E-state index >= 15 is 0 Å². The fourth-order valence-corrected chi connectivity index (χ4v) is 2.20. The molecule has 0 saturated carbocycles. The Labute approximate surface area is 116 Å². The number of alkyl halides is 1. The van der Waals surface area contributed by atoms with Crippen LogP contribution in [0.3, 0.4) is 0 Å². The number of rotatable bonds is 6. The molecule has 0 aliphatic rings. The average Bonchev–Trinajstić information content (AvgIpc) is 2.43. The van der Waals surface area contributed by atoms with Gasteiger partial charge in [-0.15, -0.1) is 0 Å². The standard InChI is InChI=1S/C15H17BrO2/c1-17-14-6-4-13-11-15(7-5-12(13)10-14)18-9-3-2-8-16/h4-7,10-11H,2-3,8-9H2,1H3. The Morgan fingerprint density at radius 1 is 0.944 bits per heavy atom. The summed E-state index contributed by atoms with van der Waals surface area (Å²) in [5, 5.41) is 3.38. The fraction of sp³-hybridized carbons (Fsp3) is 0.333. The van der Waals surface area contributed by atoms with E-state index in [-0.39, 0.29) is 0 Å². The third kappa shape index (κ3) is 3.39. The van der Waals surface area contributed by atoms with Gasteiger partial charge in [0.05, 0.1) is 13.7 Å². The van der Waals surface area contributed by atoms with Crippen LogP contribution in [0.25, 0.3) is 10.8 Å². The Morgan fingerprint density at radius 2 is 1.61 bits per heavy atom. The average molecular weight is 309 g/mol. The first-order valence-corrected chi connectivity index (χ1v) is 7.22. The highest BCUT2D eigenvalue weighted by atomic mass is 79.9. The molecule has 0 atom stereocenters. The van der Waals surface area contributed by atoms with Crippen LogP contribution in [0, 0.1) is 0 Å². The van der Waals surface area contributed by atoms with Crippen molar-refractivity contribution in [3.05, 3.63) is 36.4 Å². The second kappa shape index (κ2) is 6.64. The van der Waals surface area contributed by atoms with Gasteiger partial charge in [0.1, 0.15) is 11.5 Å². The highest BCUT2D eigenvalue weighted by Crippen LogP contribution is 2.24. The normalized spacial score (nSPS) is 10.6. The van der Waals surface area contributed by atoms with Crippen molar-refractivity contribution in [1.29, 1.82) is 0 Å². The Bertz CT molecular complexity index is 511. The summed E-state index contributed by atoms with van der Waals surface area (Å²) >= 11 is 3.41. The number of hydrogen-bond acceptors (Lipinski definition) is 2. The Hall–Kier alpha value is -1.22. The minimum Gasteiger partial charge on any atom is -0.497 e. The van der Waals surface area contributed by atoms with Gasteiger partial charge >= 0.3 is 0 Å². The third-order valence-electron chi connectivity index (χ3n) is 2.82. The molecule has 2 aromatic rings. The first-order chi connectivity index (χ1) is 8.83. The summed E-state index contributed by atoms with van der Waals surface area (Å²) in [6.45, 7) is 0.771. The van der Waals surface area contributed by atoms with E-state index in [1.807, 2.05) is 18.2 Å². The van der Waals surface area contributed by atoms with Crippen molar-refractivity contribution in [3.8, 4) is 11.5 Å². The van der Waals surface area contributed by atoms with Crippen molar-refractivity contribution in [1.82, 2.24) is 0 Å². The van der Waals surface area contributed by atoms with Gasteiger partial charge in [0.15, 0.2) is 0 Å². The number of unbranched alkanes of at least 4 members (excludes halogenated alkanes) is 1. The molecule has 0 unspecified atom stereocenters. The maximum atomic E-state index is 5.72. The van der Waals surface area contributed by atoms with E-state index in [9.17, 15) is 0 Å². The lowest BCUT2D eigenvalue weighted by molar-refractivity contribution is 0.310. The van der Waals surface area contributed by atoms with Gasteiger partial charge in [0.25, 0.3) is 0 Å². The van der Waals surface area contributed by atoms with Crippen LogP contribution >= 0.6 is 15.9 Å². The largest absolute Gasteiger partial charge is 0.497 e. The summed E-state index contributed by atoms with van der Waals surface area (Å²) < 4.78 is 10.9. The molecule has 0 radical (unpaired) electrons. The smallest absolute Gasteiger partial charge is 0.119 e. The number of fused-ring (bicyclic) bond motifs is 1. The van der Waals surface area contributed by atoms with Crippen molar-refractivity contribution >= 4 is 26.7 Å². The second-order valence-corrected chi connectivity index (χ2v) is 4.91. The molecule has 0 heterocycles. The van der Waals surface area contributed by atoms with E-state index in [1.165, 1.54) is 10.8 Å². The molecule has 0 aromatic heterocycles. The minimum atomic E-state index is 0.771. The molecule has 2 nitrogen and oxygen atoms in total. The first-order valence-electron chi connectivity index (χ1n) is 6.10. The third-order valence-corrected chi connectivity index (χ3v) is 3.38. The van der Waals surface area contributed by atoms with Crippen LogP contribution < -0.4 is 9.47 Å². The van der Waals surface area contributed by atoms with Gasteiger partial charge in [-0.1, -0.05) is 28.1 Å². The van der Waals surface area contributed by atoms with Gasteiger partial charge in [-0.25, -0.2) is 0 Å². The van der Waals surface area contributed by atoms with Crippen LogP contribution in [-0.2, 0) is 0 Å². The quantitative estimate of drug-likeness (QED) is 0.581. The summed E-state index contributed by atoms with van der Waals surface area (Å²) in [7, 11) is 1.68. The van der Waals surface area contributed by atoms with Gasteiger partial charge in [-0.05, 0) is 47.9 Å². The lowest BCUT2D eigenvalue weighted by Crippen LogP contribution is -1.97. The van der Waals surface area contributed by atoms with Crippen LogP contribution in [0.15, 0.2) is 36.4 Å². The second-order valence-electron chi connectivity index (χ2n) is 4.12. The fourth-order valence-electron chi connectivity index (χ4n) is 1.81. The van der Waals surface area contributed by atoms with Gasteiger partial charge < -0.3 is 9.47 Å². The maximum Gasteiger partial charge on any atom is 0.119 e. The molecule has 0 amide bonds. The van der Waals surface area contributed by atoms with Gasteiger partial charge in [-0.2, -0.15) is 0 Å². The lowest BCUT2D eigenvalue weighted by Gasteiger charge is -2.07. The van der Waals surface area contributed by atoms with Gasteiger partial charge in [0.2, 0.25) is 0 Å². The van der Waals surface area contributed by atoms with E-state index in [0.717, 1.165) is 36.3 Å². The predicted molar refractivity (Wildman–Crippen MR) is 79.0 cm³/mol. The number of hydrogen-bond donors (Lipinski definition) is 0. The summed E-state index contributed by atoms with van der Waals surface area (Å²) in [4.78, 5) is 0. The van der Waals surface area contributed by atoms with Crippen molar-refractivity contribution in [3.63, 3.8) is 0 Å². The minimum absolute atomic E-state index is 0.771. The van der Waals surface area contributed by atoms with Crippen LogP contribution in [0.1, 0.15) is 12.8 Å². The van der Waals surface area contributed by atoms with Crippen molar-refractivity contribution in [2.24, 2.45) is 0 Å². The number of methoxy groups -OCH3 is 1. The number of ether oxygens (including phenoxy) is 2.